The number of hydrogen-bond donors (Lipinski definition) is 1. The van der Waals surface area contributed by atoms with Gasteiger partial charge in [-0.15, -0.1) is 0 Å². The number of morpholine rings is 1. The first-order valence-electron chi connectivity index (χ1n) is 5.30. The normalized spacial score (nSPS) is 26.4. The Hall–Kier alpha value is -0.250. The molecule has 1 fully saturated rings. The van der Waals surface area contributed by atoms with Crippen molar-refractivity contribution in [1.29, 1.82) is 0 Å². The average molecular weight is 313 g/mol. The fourth-order valence-electron chi connectivity index (χ4n) is 1.71. The molecule has 1 aliphatic heterocycles. The van der Waals surface area contributed by atoms with Crippen molar-refractivity contribution in [3.63, 3.8) is 0 Å². The third-order valence-corrected chi connectivity index (χ3v) is 6.20. The van der Waals surface area contributed by atoms with Crippen LogP contribution >= 0.6 is 22.9 Å². The monoisotopic (exact) mass is 312 g/mol. The SMILES string of the molecule is CC1COC(CO)CN1S(=O)(=O)c1cnc(Cl)s1. The molecular weight excluding hydrogens is 300 g/mol. The molecule has 102 valence electrons. The molecule has 1 saturated heterocycles. The minimum atomic E-state index is -3.62. The van der Waals surface area contributed by atoms with Crippen molar-refractivity contribution in [2.75, 3.05) is 19.8 Å². The molecular formula is C9H13ClN2O4S2. The maximum Gasteiger partial charge on any atom is 0.254 e. The lowest BCUT2D eigenvalue weighted by Gasteiger charge is -2.35. The van der Waals surface area contributed by atoms with Crippen LogP contribution in [0.25, 0.3) is 0 Å². The molecule has 2 atom stereocenters. The summed E-state index contributed by atoms with van der Waals surface area (Å²) in [6.07, 6.45) is 0.762. The highest BCUT2D eigenvalue weighted by molar-refractivity contribution is 7.91. The number of hydrogen-bond acceptors (Lipinski definition) is 6. The number of ether oxygens (including phenoxy) is 1. The quantitative estimate of drug-likeness (QED) is 0.882. The van der Waals surface area contributed by atoms with Gasteiger partial charge in [-0.25, -0.2) is 13.4 Å². The van der Waals surface area contributed by atoms with Crippen LogP contribution in [0.5, 0.6) is 0 Å². The maximum absolute atomic E-state index is 12.4. The summed E-state index contributed by atoms with van der Waals surface area (Å²) in [6, 6.07) is -0.279. The standard InChI is InChI=1S/C9H13ClN2O4S2/c1-6-5-16-7(4-13)3-12(6)18(14,15)8-2-11-9(10)17-8/h2,6-7,13H,3-5H2,1H3. The lowest BCUT2D eigenvalue weighted by Crippen LogP contribution is -2.51. The molecule has 1 N–H and O–H groups in total. The Morgan fingerprint density at radius 3 is 3.00 bits per heavy atom. The Bertz CT molecular complexity index is 518. The number of aliphatic hydroxyl groups is 1. The van der Waals surface area contributed by atoms with Crippen molar-refractivity contribution in [3.05, 3.63) is 10.7 Å². The Kier molecular flexibility index (Phi) is 4.25. The van der Waals surface area contributed by atoms with Crippen molar-refractivity contribution in [2.45, 2.75) is 23.3 Å². The molecule has 2 rings (SSSR count). The molecule has 0 radical (unpaired) electrons. The first kappa shape index (κ1) is 14.2. The summed E-state index contributed by atoms with van der Waals surface area (Å²) in [5, 5.41) is 9.06. The molecule has 0 aromatic carbocycles. The number of aliphatic hydroxyl groups excluding tert-OH is 1. The van der Waals surface area contributed by atoms with E-state index in [0.717, 1.165) is 11.3 Å². The fourth-order valence-corrected chi connectivity index (χ4v) is 4.78. The molecule has 0 spiro atoms. The highest BCUT2D eigenvalue weighted by Gasteiger charge is 2.36. The molecule has 9 heteroatoms. The zero-order chi connectivity index (χ0) is 13.3. The van der Waals surface area contributed by atoms with Crippen LogP contribution in [0.1, 0.15) is 6.92 Å². The predicted octanol–water partition coefficient (Wildman–Crippen LogP) is 0.567. The second-order valence-electron chi connectivity index (χ2n) is 3.99. The van der Waals surface area contributed by atoms with Crippen molar-refractivity contribution in [3.8, 4) is 0 Å². The Balaban J connectivity index is 2.28. The summed E-state index contributed by atoms with van der Waals surface area (Å²) in [5.74, 6) is 0. The van der Waals surface area contributed by atoms with Crippen LogP contribution in [0.2, 0.25) is 4.47 Å². The first-order chi connectivity index (χ1) is 8.45. The number of aromatic nitrogens is 1. The fraction of sp³-hybridized carbons (Fsp3) is 0.667. The highest BCUT2D eigenvalue weighted by Crippen LogP contribution is 2.28. The first-order valence-corrected chi connectivity index (χ1v) is 7.94. The molecule has 0 bridgehead atoms. The lowest BCUT2D eigenvalue weighted by molar-refractivity contribution is -0.0515. The molecule has 6 nitrogen and oxygen atoms in total. The van der Waals surface area contributed by atoms with Crippen molar-refractivity contribution >= 4 is 33.0 Å². The number of sulfonamides is 1. The van der Waals surface area contributed by atoms with Gasteiger partial charge in [0.25, 0.3) is 10.0 Å². The van der Waals surface area contributed by atoms with Gasteiger partial charge in [0.15, 0.2) is 8.68 Å². The molecule has 0 saturated carbocycles. The summed E-state index contributed by atoms with van der Waals surface area (Å²) in [4.78, 5) is 3.74. The second kappa shape index (κ2) is 5.40. The van der Waals surface area contributed by atoms with Crippen LogP contribution in [-0.4, -0.2) is 54.7 Å². The van der Waals surface area contributed by atoms with E-state index >= 15 is 0 Å². The van der Waals surface area contributed by atoms with Gasteiger partial charge in [0.2, 0.25) is 0 Å². The largest absolute Gasteiger partial charge is 0.394 e. The molecule has 1 aromatic heterocycles. The number of thiazole rings is 1. The van der Waals surface area contributed by atoms with Crippen LogP contribution in [0, 0.1) is 0 Å². The molecule has 0 aliphatic carbocycles. The van der Waals surface area contributed by atoms with Gasteiger partial charge in [-0.2, -0.15) is 4.31 Å². The Morgan fingerprint density at radius 2 is 2.44 bits per heavy atom. The zero-order valence-corrected chi connectivity index (χ0v) is 12.0. The van der Waals surface area contributed by atoms with E-state index in [2.05, 4.69) is 4.98 Å². The number of halogens is 1. The van der Waals surface area contributed by atoms with Gasteiger partial charge in [-0.05, 0) is 6.92 Å². The van der Waals surface area contributed by atoms with E-state index in [4.69, 9.17) is 21.4 Å². The van der Waals surface area contributed by atoms with E-state index in [9.17, 15) is 8.42 Å². The number of rotatable bonds is 3. The molecule has 1 aromatic rings. The van der Waals surface area contributed by atoms with Crippen LogP contribution in [0.4, 0.5) is 0 Å². The average Bonchev–Trinajstić information content (AvgIpc) is 2.77. The Morgan fingerprint density at radius 1 is 1.72 bits per heavy atom. The summed E-state index contributed by atoms with van der Waals surface area (Å²) in [7, 11) is -3.62. The Labute approximate surface area is 114 Å². The van der Waals surface area contributed by atoms with Gasteiger partial charge in [0, 0.05) is 12.6 Å². The topological polar surface area (TPSA) is 79.7 Å². The van der Waals surface area contributed by atoms with Crippen molar-refractivity contribution in [1.82, 2.24) is 9.29 Å². The van der Waals surface area contributed by atoms with E-state index in [0.29, 0.717) is 0 Å². The van der Waals surface area contributed by atoms with Crippen molar-refractivity contribution < 1.29 is 18.3 Å². The highest BCUT2D eigenvalue weighted by atomic mass is 35.5. The van der Waals surface area contributed by atoms with Crippen LogP contribution in [0.3, 0.4) is 0 Å². The summed E-state index contributed by atoms with van der Waals surface area (Å²) < 4.78 is 31.7. The van der Waals surface area contributed by atoms with E-state index in [1.54, 1.807) is 6.92 Å². The third kappa shape index (κ3) is 2.68. The summed E-state index contributed by atoms with van der Waals surface area (Å²) in [6.45, 7) is 1.95. The molecule has 1 aliphatic rings. The minimum absolute atomic E-state index is 0.109. The predicted molar refractivity (Wildman–Crippen MR) is 67.3 cm³/mol. The van der Waals surface area contributed by atoms with E-state index < -0.39 is 16.1 Å². The molecule has 2 unspecified atom stereocenters. The molecule has 2 heterocycles. The van der Waals surface area contributed by atoms with Crippen LogP contribution in [-0.2, 0) is 14.8 Å². The van der Waals surface area contributed by atoms with Gasteiger partial charge < -0.3 is 9.84 Å². The van der Waals surface area contributed by atoms with Gasteiger partial charge >= 0.3 is 0 Å². The minimum Gasteiger partial charge on any atom is -0.394 e. The lowest BCUT2D eigenvalue weighted by atomic mass is 10.2. The van der Waals surface area contributed by atoms with Crippen LogP contribution in [0.15, 0.2) is 10.4 Å². The van der Waals surface area contributed by atoms with Gasteiger partial charge in [-0.3, -0.25) is 0 Å². The second-order valence-corrected chi connectivity index (χ2v) is 7.72. The smallest absolute Gasteiger partial charge is 0.254 e. The summed E-state index contributed by atoms with van der Waals surface area (Å²) in [5.41, 5.74) is 0. The summed E-state index contributed by atoms with van der Waals surface area (Å²) >= 11 is 6.58. The molecule has 0 amide bonds. The van der Waals surface area contributed by atoms with Gasteiger partial charge in [0.05, 0.1) is 25.5 Å². The van der Waals surface area contributed by atoms with Gasteiger partial charge in [0.1, 0.15) is 0 Å². The van der Waals surface area contributed by atoms with E-state index in [1.165, 1.54) is 10.5 Å². The third-order valence-electron chi connectivity index (χ3n) is 2.67. The number of nitrogens with zero attached hydrogens (tertiary/aromatic N) is 2. The van der Waals surface area contributed by atoms with E-state index in [1.807, 2.05) is 0 Å². The van der Waals surface area contributed by atoms with Gasteiger partial charge in [-0.1, -0.05) is 22.9 Å². The van der Waals surface area contributed by atoms with E-state index in [-0.39, 0.29) is 34.5 Å². The van der Waals surface area contributed by atoms with Crippen LogP contribution < -0.4 is 0 Å². The molecule has 18 heavy (non-hydrogen) atoms. The maximum atomic E-state index is 12.4. The van der Waals surface area contributed by atoms with Crippen molar-refractivity contribution in [2.24, 2.45) is 0 Å². The zero-order valence-electron chi connectivity index (χ0n) is 9.61.